The summed E-state index contributed by atoms with van der Waals surface area (Å²) < 4.78 is 0. The molecule has 1 rings (SSSR count). The number of rotatable bonds is 2. The molecule has 15 heavy (non-hydrogen) atoms. The van der Waals surface area contributed by atoms with Crippen LogP contribution in [0.4, 0.5) is 0 Å². The zero-order valence-electron chi connectivity index (χ0n) is 8.08. The Morgan fingerprint density at radius 2 is 2.13 bits per heavy atom. The number of hydrazone groups is 1. The van der Waals surface area contributed by atoms with Gasteiger partial charge in [-0.2, -0.15) is 5.10 Å². The smallest absolute Gasteiger partial charge is 0.186 e. The summed E-state index contributed by atoms with van der Waals surface area (Å²) in [5.74, 6) is -0.369. The van der Waals surface area contributed by atoms with Crippen molar-refractivity contribution in [2.45, 2.75) is 0 Å². The van der Waals surface area contributed by atoms with Crippen LogP contribution in [0.2, 0.25) is 0 Å². The van der Waals surface area contributed by atoms with Gasteiger partial charge in [0.15, 0.2) is 16.6 Å². The van der Waals surface area contributed by atoms with Gasteiger partial charge in [-0.15, -0.1) is 0 Å². The first-order chi connectivity index (χ1) is 7.00. The molecule has 0 aromatic heterocycles. The molecular formula is C9H11N3O2S. The summed E-state index contributed by atoms with van der Waals surface area (Å²) in [5, 5.41) is 23.6. The standard InChI is InChI=1S/C9H11N3O2S/c1-12(9(10)15)11-5-6-2-3-7(13)8(14)4-6/h2-5,13-14H,1H3,(H2,10,15)/b11-5-. The van der Waals surface area contributed by atoms with Crippen molar-refractivity contribution in [1.82, 2.24) is 5.01 Å². The summed E-state index contributed by atoms with van der Waals surface area (Å²) in [5.41, 5.74) is 5.94. The predicted molar refractivity (Wildman–Crippen MR) is 61.9 cm³/mol. The van der Waals surface area contributed by atoms with Crippen LogP contribution >= 0.6 is 12.2 Å². The van der Waals surface area contributed by atoms with Crippen LogP contribution in [0.3, 0.4) is 0 Å². The van der Waals surface area contributed by atoms with E-state index in [4.69, 9.17) is 10.8 Å². The Hall–Kier alpha value is -1.82. The van der Waals surface area contributed by atoms with Crippen LogP contribution in [0.5, 0.6) is 11.5 Å². The van der Waals surface area contributed by atoms with Crippen LogP contribution in [0.25, 0.3) is 0 Å². The molecule has 0 unspecified atom stereocenters. The van der Waals surface area contributed by atoms with Crippen molar-refractivity contribution in [1.29, 1.82) is 0 Å². The highest BCUT2D eigenvalue weighted by Gasteiger charge is 1.99. The largest absolute Gasteiger partial charge is 0.504 e. The highest BCUT2D eigenvalue weighted by molar-refractivity contribution is 7.80. The van der Waals surface area contributed by atoms with E-state index >= 15 is 0 Å². The SMILES string of the molecule is CN(/N=C\c1ccc(O)c(O)c1)C(N)=S. The normalized spacial score (nSPS) is 10.5. The molecule has 0 saturated carbocycles. The van der Waals surface area contributed by atoms with E-state index in [1.807, 2.05) is 0 Å². The lowest BCUT2D eigenvalue weighted by Crippen LogP contribution is -2.27. The third kappa shape index (κ3) is 3.10. The first kappa shape index (κ1) is 11.3. The lowest BCUT2D eigenvalue weighted by atomic mass is 10.2. The molecule has 0 fully saturated rings. The van der Waals surface area contributed by atoms with Crippen molar-refractivity contribution in [3.05, 3.63) is 23.8 Å². The average Bonchev–Trinajstić information content (AvgIpc) is 2.19. The molecule has 0 amide bonds. The molecule has 6 heteroatoms. The van der Waals surface area contributed by atoms with Crippen molar-refractivity contribution in [2.24, 2.45) is 10.8 Å². The quantitative estimate of drug-likeness (QED) is 0.297. The van der Waals surface area contributed by atoms with E-state index in [2.05, 4.69) is 17.3 Å². The maximum absolute atomic E-state index is 9.20. The summed E-state index contributed by atoms with van der Waals surface area (Å²) in [4.78, 5) is 0. The molecule has 0 aliphatic carbocycles. The summed E-state index contributed by atoms with van der Waals surface area (Å²) >= 11 is 4.68. The molecular weight excluding hydrogens is 214 g/mol. The number of phenolic OH excluding ortho intramolecular Hbond substituents is 2. The number of nitrogens with zero attached hydrogens (tertiary/aromatic N) is 2. The van der Waals surface area contributed by atoms with Gasteiger partial charge in [-0.1, -0.05) is 0 Å². The van der Waals surface area contributed by atoms with E-state index in [-0.39, 0.29) is 16.6 Å². The summed E-state index contributed by atoms with van der Waals surface area (Å²) in [6.07, 6.45) is 1.47. The zero-order valence-corrected chi connectivity index (χ0v) is 8.90. The molecule has 0 aliphatic heterocycles. The second-order valence-corrected chi connectivity index (χ2v) is 3.27. The first-order valence-electron chi connectivity index (χ1n) is 4.10. The summed E-state index contributed by atoms with van der Waals surface area (Å²) in [6.45, 7) is 0. The van der Waals surface area contributed by atoms with Gasteiger partial charge in [0.25, 0.3) is 0 Å². The van der Waals surface area contributed by atoms with Gasteiger partial charge in [0.1, 0.15) is 0 Å². The fraction of sp³-hybridized carbons (Fsp3) is 0.111. The fourth-order valence-electron chi connectivity index (χ4n) is 0.831. The Morgan fingerprint density at radius 1 is 1.47 bits per heavy atom. The average molecular weight is 225 g/mol. The highest BCUT2D eigenvalue weighted by atomic mass is 32.1. The molecule has 0 heterocycles. The van der Waals surface area contributed by atoms with Gasteiger partial charge in [0.2, 0.25) is 0 Å². The number of aromatic hydroxyl groups is 2. The Labute approximate surface area is 92.4 Å². The topological polar surface area (TPSA) is 82.1 Å². The lowest BCUT2D eigenvalue weighted by molar-refractivity contribution is 0.403. The Bertz CT molecular complexity index is 406. The van der Waals surface area contributed by atoms with E-state index in [0.29, 0.717) is 5.56 Å². The summed E-state index contributed by atoms with van der Waals surface area (Å²) in [7, 11) is 1.61. The molecule has 1 aromatic rings. The Kier molecular flexibility index (Phi) is 3.46. The minimum atomic E-state index is -0.197. The molecule has 0 spiro atoms. The van der Waals surface area contributed by atoms with Gasteiger partial charge in [-0.3, -0.25) is 0 Å². The number of hydrogen-bond acceptors (Lipinski definition) is 4. The summed E-state index contributed by atoms with van der Waals surface area (Å²) in [6, 6.07) is 4.36. The number of thiocarbonyl (C=S) groups is 1. The molecule has 80 valence electrons. The monoisotopic (exact) mass is 225 g/mol. The molecule has 0 radical (unpaired) electrons. The lowest BCUT2D eigenvalue weighted by Gasteiger charge is -2.08. The van der Waals surface area contributed by atoms with E-state index in [1.54, 1.807) is 13.1 Å². The van der Waals surface area contributed by atoms with Crippen molar-refractivity contribution in [3.8, 4) is 11.5 Å². The minimum absolute atomic E-state index is 0.147. The number of hydrogen-bond donors (Lipinski definition) is 3. The van der Waals surface area contributed by atoms with E-state index in [1.165, 1.54) is 23.4 Å². The van der Waals surface area contributed by atoms with Crippen LogP contribution in [0.1, 0.15) is 5.56 Å². The second-order valence-electron chi connectivity index (χ2n) is 2.85. The maximum Gasteiger partial charge on any atom is 0.186 e. The van der Waals surface area contributed by atoms with Gasteiger partial charge in [0, 0.05) is 7.05 Å². The zero-order chi connectivity index (χ0) is 11.4. The second kappa shape index (κ2) is 4.61. The van der Waals surface area contributed by atoms with Crippen molar-refractivity contribution in [3.63, 3.8) is 0 Å². The maximum atomic E-state index is 9.20. The van der Waals surface area contributed by atoms with Crippen LogP contribution in [-0.4, -0.2) is 33.6 Å². The predicted octanol–water partition coefficient (Wildman–Crippen LogP) is 0.607. The fourth-order valence-corrected chi connectivity index (χ4v) is 0.878. The molecule has 5 nitrogen and oxygen atoms in total. The van der Waals surface area contributed by atoms with E-state index < -0.39 is 0 Å². The van der Waals surface area contributed by atoms with Gasteiger partial charge in [0.05, 0.1) is 6.21 Å². The van der Waals surface area contributed by atoms with Gasteiger partial charge in [-0.05, 0) is 36.0 Å². The van der Waals surface area contributed by atoms with Crippen molar-refractivity contribution >= 4 is 23.5 Å². The number of benzene rings is 1. The van der Waals surface area contributed by atoms with Crippen LogP contribution in [-0.2, 0) is 0 Å². The molecule has 0 atom stereocenters. The molecule has 0 bridgehead atoms. The Morgan fingerprint density at radius 3 is 2.67 bits per heavy atom. The van der Waals surface area contributed by atoms with E-state index in [0.717, 1.165) is 0 Å². The first-order valence-corrected chi connectivity index (χ1v) is 4.50. The van der Waals surface area contributed by atoms with Crippen molar-refractivity contribution in [2.75, 3.05) is 7.05 Å². The van der Waals surface area contributed by atoms with Crippen LogP contribution in [0.15, 0.2) is 23.3 Å². The molecule has 1 aromatic carbocycles. The third-order valence-electron chi connectivity index (χ3n) is 1.70. The molecule has 0 aliphatic rings. The number of nitrogens with two attached hydrogens (primary N) is 1. The van der Waals surface area contributed by atoms with Gasteiger partial charge >= 0.3 is 0 Å². The highest BCUT2D eigenvalue weighted by Crippen LogP contribution is 2.23. The van der Waals surface area contributed by atoms with Crippen molar-refractivity contribution < 1.29 is 10.2 Å². The third-order valence-corrected chi connectivity index (χ3v) is 1.96. The molecule has 0 saturated heterocycles. The minimum Gasteiger partial charge on any atom is -0.504 e. The van der Waals surface area contributed by atoms with Gasteiger partial charge in [-0.25, -0.2) is 5.01 Å². The Balaban J connectivity index is 2.81. The van der Waals surface area contributed by atoms with E-state index in [9.17, 15) is 5.11 Å². The van der Waals surface area contributed by atoms with Crippen LogP contribution in [0, 0.1) is 0 Å². The molecule has 4 N–H and O–H groups in total. The van der Waals surface area contributed by atoms with Gasteiger partial charge < -0.3 is 15.9 Å². The number of phenols is 2. The van der Waals surface area contributed by atoms with Crippen LogP contribution < -0.4 is 5.73 Å².